The zero-order valence-electron chi connectivity index (χ0n) is 15.2. The molecule has 1 N–H and O–H groups in total. The minimum Gasteiger partial charge on any atom is -0.372 e. The lowest BCUT2D eigenvalue weighted by Crippen LogP contribution is -2.42. The van der Waals surface area contributed by atoms with Crippen molar-refractivity contribution in [1.82, 2.24) is 4.31 Å². The van der Waals surface area contributed by atoms with Crippen molar-refractivity contribution in [1.29, 1.82) is 0 Å². The van der Waals surface area contributed by atoms with E-state index in [-0.39, 0.29) is 18.5 Å². The Morgan fingerprint density at radius 1 is 1.12 bits per heavy atom. The van der Waals surface area contributed by atoms with E-state index in [2.05, 4.69) is 24.1 Å². The number of anilines is 2. The van der Waals surface area contributed by atoms with Gasteiger partial charge in [-0.2, -0.15) is 4.31 Å². The van der Waals surface area contributed by atoms with Gasteiger partial charge in [0.2, 0.25) is 15.9 Å². The molecule has 6 nitrogen and oxygen atoms in total. The van der Waals surface area contributed by atoms with E-state index in [1.807, 2.05) is 31.2 Å². The third kappa shape index (κ3) is 5.79. The number of benzene rings is 1. The van der Waals surface area contributed by atoms with E-state index in [4.69, 9.17) is 0 Å². The lowest BCUT2D eigenvalue weighted by molar-refractivity contribution is -0.116. The van der Waals surface area contributed by atoms with Crippen molar-refractivity contribution in [3.05, 3.63) is 24.3 Å². The fourth-order valence-electron chi connectivity index (χ4n) is 2.49. The van der Waals surface area contributed by atoms with Crippen LogP contribution in [0.4, 0.5) is 11.4 Å². The number of amides is 1. The number of sulfonamides is 1. The van der Waals surface area contributed by atoms with Gasteiger partial charge in [-0.1, -0.05) is 6.92 Å². The summed E-state index contributed by atoms with van der Waals surface area (Å²) in [5.41, 5.74) is 1.75. The van der Waals surface area contributed by atoms with Crippen molar-refractivity contribution in [2.75, 3.05) is 36.1 Å². The van der Waals surface area contributed by atoms with Crippen LogP contribution in [0.15, 0.2) is 24.3 Å². The van der Waals surface area contributed by atoms with E-state index in [1.54, 1.807) is 6.92 Å². The topological polar surface area (TPSA) is 69.7 Å². The second-order valence-electron chi connectivity index (χ2n) is 5.83. The van der Waals surface area contributed by atoms with Gasteiger partial charge in [-0.15, -0.1) is 0 Å². The monoisotopic (exact) mass is 355 g/mol. The van der Waals surface area contributed by atoms with Crippen LogP contribution in [0.2, 0.25) is 0 Å². The molecule has 1 rings (SSSR count). The number of rotatable bonds is 9. The molecule has 136 valence electrons. The Bertz CT molecular complexity index is 625. The largest absolute Gasteiger partial charge is 0.372 e. The van der Waals surface area contributed by atoms with Crippen molar-refractivity contribution in [3.8, 4) is 0 Å². The van der Waals surface area contributed by atoms with E-state index in [9.17, 15) is 13.2 Å². The molecule has 0 fully saturated rings. The van der Waals surface area contributed by atoms with Crippen LogP contribution in [0.1, 0.15) is 34.1 Å². The van der Waals surface area contributed by atoms with Crippen molar-refractivity contribution >= 4 is 27.3 Å². The molecular formula is C17H29N3O3S. The van der Waals surface area contributed by atoms with E-state index >= 15 is 0 Å². The van der Waals surface area contributed by atoms with Gasteiger partial charge in [-0.3, -0.25) is 4.79 Å². The summed E-state index contributed by atoms with van der Waals surface area (Å²) in [6, 6.07) is 7.35. The molecule has 0 saturated carbocycles. The number of hydrogen-bond acceptors (Lipinski definition) is 4. The number of nitrogens with zero attached hydrogens (tertiary/aromatic N) is 2. The van der Waals surface area contributed by atoms with Gasteiger partial charge in [0.1, 0.15) is 0 Å². The Hall–Kier alpha value is -1.60. The van der Waals surface area contributed by atoms with Crippen molar-refractivity contribution < 1.29 is 13.2 Å². The summed E-state index contributed by atoms with van der Waals surface area (Å²) in [6.45, 7) is 9.54. The SMILES string of the molecule is CCC(C)N(CC(=O)Nc1ccc(N(CC)CC)cc1)S(C)(=O)=O. The van der Waals surface area contributed by atoms with Gasteiger partial charge in [0.15, 0.2) is 0 Å². The molecule has 0 aliphatic rings. The van der Waals surface area contributed by atoms with Gasteiger partial charge < -0.3 is 10.2 Å². The smallest absolute Gasteiger partial charge is 0.239 e. The molecule has 0 saturated heterocycles. The Kier molecular flexibility index (Phi) is 7.69. The summed E-state index contributed by atoms with van der Waals surface area (Å²) in [5, 5.41) is 2.76. The van der Waals surface area contributed by atoms with Crippen LogP contribution >= 0.6 is 0 Å². The van der Waals surface area contributed by atoms with Crippen molar-refractivity contribution in [2.24, 2.45) is 0 Å². The van der Waals surface area contributed by atoms with Gasteiger partial charge in [-0.25, -0.2) is 8.42 Å². The average Bonchev–Trinajstić information content (AvgIpc) is 2.53. The number of carbonyl (C=O) groups is 1. The minimum atomic E-state index is -3.42. The fraction of sp³-hybridized carbons (Fsp3) is 0.588. The first-order valence-electron chi connectivity index (χ1n) is 8.34. The van der Waals surface area contributed by atoms with Crippen molar-refractivity contribution in [3.63, 3.8) is 0 Å². The highest BCUT2D eigenvalue weighted by molar-refractivity contribution is 7.88. The van der Waals surface area contributed by atoms with E-state index in [0.29, 0.717) is 12.1 Å². The molecule has 1 aromatic carbocycles. The molecule has 0 aromatic heterocycles. The summed E-state index contributed by atoms with van der Waals surface area (Å²) in [4.78, 5) is 14.4. The first-order valence-corrected chi connectivity index (χ1v) is 10.2. The third-order valence-electron chi connectivity index (χ3n) is 4.09. The van der Waals surface area contributed by atoms with Crippen LogP contribution in [0, 0.1) is 0 Å². The number of carbonyl (C=O) groups excluding carboxylic acids is 1. The highest BCUT2D eigenvalue weighted by Crippen LogP contribution is 2.18. The van der Waals surface area contributed by atoms with E-state index in [0.717, 1.165) is 25.0 Å². The Morgan fingerprint density at radius 2 is 1.67 bits per heavy atom. The predicted molar refractivity (Wildman–Crippen MR) is 99.9 cm³/mol. The van der Waals surface area contributed by atoms with Crippen molar-refractivity contribution in [2.45, 2.75) is 40.2 Å². The Balaban J connectivity index is 2.77. The summed E-state index contributed by atoms with van der Waals surface area (Å²) < 4.78 is 24.9. The van der Waals surface area contributed by atoms with Gasteiger partial charge in [0, 0.05) is 30.5 Å². The average molecular weight is 356 g/mol. The molecule has 1 amide bonds. The van der Waals surface area contributed by atoms with Gasteiger partial charge in [-0.05, 0) is 51.5 Å². The van der Waals surface area contributed by atoms with Crippen LogP contribution in [-0.2, 0) is 14.8 Å². The maximum Gasteiger partial charge on any atom is 0.239 e. The molecule has 0 aliphatic heterocycles. The van der Waals surface area contributed by atoms with Gasteiger partial charge >= 0.3 is 0 Å². The predicted octanol–water partition coefficient (Wildman–Crippen LogP) is 2.53. The summed E-state index contributed by atoms with van der Waals surface area (Å²) in [6.07, 6.45) is 1.78. The van der Waals surface area contributed by atoms with Crippen LogP contribution in [-0.4, -0.2) is 50.6 Å². The quantitative estimate of drug-likeness (QED) is 0.739. The van der Waals surface area contributed by atoms with Crippen LogP contribution in [0.25, 0.3) is 0 Å². The fourth-order valence-corrected chi connectivity index (χ4v) is 3.64. The summed E-state index contributed by atoms with van der Waals surface area (Å²) >= 11 is 0. The third-order valence-corrected chi connectivity index (χ3v) is 5.43. The molecule has 0 heterocycles. The highest BCUT2D eigenvalue weighted by atomic mass is 32.2. The molecule has 1 atom stereocenters. The molecule has 7 heteroatoms. The molecule has 0 aliphatic carbocycles. The van der Waals surface area contributed by atoms with Crippen LogP contribution < -0.4 is 10.2 Å². The normalized spacial score (nSPS) is 12.9. The second-order valence-corrected chi connectivity index (χ2v) is 7.77. The molecule has 1 unspecified atom stereocenters. The highest BCUT2D eigenvalue weighted by Gasteiger charge is 2.24. The molecule has 0 bridgehead atoms. The first kappa shape index (κ1) is 20.4. The molecule has 0 spiro atoms. The number of hydrogen-bond donors (Lipinski definition) is 1. The number of nitrogens with one attached hydrogen (secondary N) is 1. The summed E-state index contributed by atoms with van der Waals surface area (Å²) in [7, 11) is -3.42. The van der Waals surface area contributed by atoms with E-state index < -0.39 is 10.0 Å². The van der Waals surface area contributed by atoms with Crippen LogP contribution in [0.3, 0.4) is 0 Å². The lowest BCUT2D eigenvalue weighted by atomic mass is 10.2. The molecular weight excluding hydrogens is 326 g/mol. The van der Waals surface area contributed by atoms with Gasteiger partial charge in [0.05, 0.1) is 12.8 Å². The standard InChI is InChI=1S/C17H29N3O3S/c1-6-14(4)20(24(5,22)23)13-17(21)18-15-9-11-16(12-10-15)19(7-2)8-3/h9-12,14H,6-8,13H2,1-5H3,(H,18,21). The second kappa shape index (κ2) is 9.03. The maximum atomic E-state index is 12.2. The maximum absolute atomic E-state index is 12.2. The van der Waals surface area contributed by atoms with E-state index in [1.165, 1.54) is 4.31 Å². The molecule has 0 radical (unpaired) electrons. The first-order chi connectivity index (χ1) is 11.2. The minimum absolute atomic E-state index is 0.175. The van der Waals surface area contributed by atoms with Gasteiger partial charge in [0.25, 0.3) is 0 Å². The Morgan fingerprint density at radius 3 is 2.08 bits per heavy atom. The lowest BCUT2D eigenvalue weighted by Gasteiger charge is -2.25. The molecule has 1 aromatic rings. The zero-order valence-corrected chi connectivity index (χ0v) is 16.1. The zero-order chi connectivity index (χ0) is 18.3. The molecule has 24 heavy (non-hydrogen) atoms. The van der Waals surface area contributed by atoms with Crippen LogP contribution in [0.5, 0.6) is 0 Å². The summed E-state index contributed by atoms with van der Waals surface area (Å²) in [5.74, 6) is -0.337. The Labute approximate surface area is 145 Å².